The molecule has 8 rings (SSSR count). The molecule has 0 heterocycles. The Labute approximate surface area is 314 Å². The molecule has 0 amide bonds. The van der Waals surface area contributed by atoms with E-state index < -0.39 is 0 Å². The molecule has 0 bridgehead atoms. The van der Waals surface area contributed by atoms with Crippen LogP contribution in [-0.4, -0.2) is 0 Å². The fourth-order valence-electron chi connectivity index (χ4n) is 5.41. The van der Waals surface area contributed by atoms with Gasteiger partial charge in [-0.25, -0.2) is 0 Å². The summed E-state index contributed by atoms with van der Waals surface area (Å²) in [5, 5.41) is 9.51. The maximum Gasteiger partial charge on any atom is 0.0835 e. The zero-order valence-corrected chi connectivity index (χ0v) is 30.6. The highest BCUT2D eigenvalue weighted by Gasteiger charge is 2.19. The molecule has 0 aliphatic carbocycles. The standard InChI is InChI=1S/C26H17Cl2N.C10H7Br.C6H5Cl2N/c27-24-10-5-11-25(28)26(24)29(22-14-12-18-6-1-3-8-20(18)16-22)23-15-13-19-7-2-4-9-21(19)17-23;11-10-6-5-8-3-1-2-4-9(8)7-10;7-4-2-1-3-5(8)6(4)9/h1-17H;1-7H;1-3H,9H2. The summed E-state index contributed by atoms with van der Waals surface area (Å²) < 4.78 is 1.14. The Hall–Kier alpha value is -4.22. The third kappa shape index (κ3) is 8.33. The smallest absolute Gasteiger partial charge is 0.0835 e. The van der Waals surface area contributed by atoms with Crippen molar-refractivity contribution in [3.8, 4) is 0 Å². The maximum absolute atomic E-state index is 6.63. The van der Waals surface area contributed by atoms with Gasteiger partial charge in [0, 0.05) is 15.8 Å². The maximum atomic E-state index is 6.63. The first-order chi connectivity index (χ1) is 23.8. The Bertz CT molecular complexity index is 2280. The first-order valence-corrected chi connectivity index (χ1v) is 17.6. The molecule has 0 radical (unpaired) electrons. The number of fused-ring (bicyclic) bond motifs is 3. The van der Waals surface area contributed by atoms with Crippen LogP contribution in [0, 0.1) is 0 Å². The summed E-state index contributed by atoms with van der Waals surface area (Å²) in [5.74, 6) is 0. The van der Waals surface area contributed by atoms with Crippen LogP contribution in [0.25, 0.3) is 32.3 Å². The molecule has 0 saturated carbocycles. The molecule has 0 spiro atoms. The van der Waals surface area contributed by atoms with E-state index in [-0.39, 0.29) is 0 Å². The average molecular weight is 783 g/mol. The van der Waals surface area contributed by atoms with Crippen molar-refractivity contribution in [2.75, 3.05) is 10.6 Å². The summed E-state index contributed by atoms with van der Waals surface area (Å²) in [6.45, 7) is 0. The molecule has 0 fully saturated rings. The summed E-state index contributed by atoms with van der Waals surface area (Å²) in [6.07, 6.45) is 0. The van der Waals surface area contributed by atoms with Gasteiger partial charge in [0.15, 0.2) is 0 Å². The Morgan fingerprint density at radius 1 is 0.388 bits per heavy atom. The zero-order chi connectivity index (χ0) is 34.3. The molecule has 0 saturated heterocycles. The van der Waals surface area contributed by atoms with Crippen LogP contribution >= 0.6 is 62.3 Å². The van der Waals surface area contributed by atoms with Gasteiger partial charge in [-0.05, 0) is 93.0 Å². The van der Waals surface area contributed by atoms with Gasteiger partial charge >= 0.3 is 0 Å². The molecule has 7 heteroatoms. The number of nitrogen functional groups attached to an aromatic ring is 1. The lowest BCUT2D eigenvalue weighted by Gasteiger charge is -2.28. The minimum absolute atomic E-state index is 0.445. The van der Waals surface area contributed by atoms with E-state index in [4.69, 9.17) is 52.1 Å². The Morgan fingerprint density at radius 3 is 1.18 bits per heavy atom. The van der Waals surface area contributed by atoms with E-state index in [1.807, 2.05) is 30.3 Å². The quantitative estimate of drug-likeness (QED) is 0.181. The highest BCUT2D eigenvalue weighted by atomic mass is 79.9. The topological polar surface area (TPSA) is 29.3 Å². The molecule has 0 aliphatic heterocycles. The van der Waals surface area contributed by atoms with Crippen LogP contribution in [0.3, 0.4) is 0 Å². The van der Waals surface area contributed by atoms with Gasteiger partial charge in [0.1, 0.15) is 0 Å². The number of nitrogens with zero attached hydrogens (tertiary/aromatic N) is 1. The van der Waals surface area contributed by atoms with Gasteiger partial charge in [-0.2, -0.15) is 0 Å². The lowest BCUT2D eigenvalue weighted by atomic mass is 10.1. The minimum atomic E-state index is 0.445. The van der Waals surface area contributed by atoms with Gasteiger partial charge in [-0.15, -0.1) is 0 Å². The van der Waals surface area contributed by atoms with E-state index in [0.717, 1.165) is 21.5 Å². The summed E-state index contributed by atoms with van der Waals surface area (Å²) in [6, 6.07) is 54.8. The lowest BCUT2D eigenvalue weighted by molar-refractivity contribution is 1.29. The molecule has 2 nitrogen and oxygen atoms in total. The molecule has 8 aromatic rings. The molecular weight excluding hydrogens is 754 g/mol. The van der Waals surface area contributed by atoms with E-state index >= 15 is 0 Å². The number of halogens is 5. The van der Waals surface area contributed by atoms with Gasteiger partial charge in [0.2, 0.25) is 0 Å². The largest absolute Gasteiger partial charge is 0.396 e. The number of nitrogens with two attached hydrogens (primary N) is 1. The third-order valence-corrected chi connectivity index (χ3v) is 9.62. The van der Waals surface area contributed by atoms with E-state index in [1.165, 1.54) is 32.3 Å². The predicted octanol–water partition coefficient (Wildman–Crippen LogP) is 14.9. The van der Waals surface area contributed by atoms with Gasteiger partial charge in [-0.3, -0.25) is 0 Å². The molecule has 0 unspecified atom stereocenters. The van der Waals surface area contributed by atoms with E-state index in [2.05, 4.69) is 136 Å². The van der Waals surface area contributed by atoms with Gasteiger partial charge in [0.25, 0.3) is 0 Å². The molecule has 8 aromatic carbocycles. The molecule has 49 heavy (non-hydrogen) atoms. The number of rotatable bonds is 3. The monoisotopic (exact) mass is 780 g/mol. The lowest BCUT2D eigenvalue weighted by Crippen LogP contribution is -2.11. The van der Waals surface area contributed by atoms with Crippen molar-refractivity contribution in [2.45, 2.75) is 0 Å². The Morgan fingerprint density at radius 2 is 0.755 bits per heavy atom. The van der Waals surface area contributed by atoms with Gasteiger partial charge < -0.3 is 10.6 Å². The normalized spacial score (nSPS) is 10.6. The summed E-state index contributed by atoms with van der Waals surface area (Å²) in [4.78, 5) is 2.13. The SMILES string of the molecule is Brc1ccc2ccccc2c1.Clc1cccc(Cl)c1N(c1ccc2ccccc2c1)c1ccc2ccccc2c1.Nc1c(Cl)cccc1Cl. The van der Waals surface area contributed by atoms with Crippen molar-refractivity contribution >= 4 is 117 Å². The van der Waals surface area contributed by atoms with E-state index in [9.17, 15) is 0 Å². The summed E-state index contributed by atoms with van der Waals surface area (Å²) >= 11 is 27.9. The van der Waals surface area contributed by atoms with Crippen molar-refractivity contribution in [1.82, 2.24) is 0 Å². The van der Waals surface area contributed by atoms with Gasteiger partial charge in [-0.1, -0.05) is 165 Å². The number of hydrogen-bond donors (Lipinski definition) is 1. The van der Waals surface area contributed by atoms with E-state index in [1.54, 1.807) is 18.2 Å². The predicted molar refractivity (Wildman–Crippen MR) is 219 cm³/mol. The molecule has 2 N–H and O–H groups in total. The molecule has 0 atom stereocenters. The number of hydrogen-bond acceptors (Lipinski definition) is 2. The van der Waals surface area contributed by atoms with Crippen molar-refractivity contribution in [1.29, 1.82) is 0 Å². The van der Waals surface area contributed by atoms with Crippen molar-refractivity contribution < 1.29 is 0 Å². The Kier molecular flexibility index (Phi) is 11.3. The van der Waals surface area contributed by atoms with Crippen molar-refractivity contribution in [2.24, 2.45) is 0 Å². The second-order valence-corrected chi connectivity index (χ2v) is 13.6. The van der Waals surface area contributed by atoms with Crippen LogP contribution in [0.15, 0.2) is 168 Å². The van der Waals surface area contributed by atoms with Crippen LogP contribution < -0.4 is 10.6 Å². The van der Waals surface area contributed by atoms with Crippen molar-refractivity contribution in [3.63, 3.8) is 0 Å². The van der Waals surface area contributed by atoms with Crippen LogP contribution in [0.4, 0.5) is 22.7 Å². The summed E-state index contributed by atoms with van der Waals surface area (Å²) in [7, 11) is 0. The first kappa shape index (κ1) is 34.6. The zero-order valence-electron chi connectivity index (χ0n) is 26.0. The Balaban J connectivity index is 0.000000169. The fourth-order valence-corrected chi connectivity index (χ4v) is 6.76. The second-order valence-electron chi connectivity index (χ2n) is 11.1. The van der Waals surface area contributed by atoms with Crippen LogP contribution in [0.2, 0.25) is 20.1 Å². The molecule has 0 aromatic heterocycles. The number of benzene rings is 8. The van der Waals surface area contributed by atoms with E-state index in [0.29, 0.717) is 25.8 Å². The van der Waals surface area contributed by atoms with Crippen LogP contribution in [0.5, 0.6) is 0 Å². The highest BCUT2D eigenvalue weighted by Crippen LogP contribution is 2.44. The summed E-state index contributed by atoms with van der Waals surface area (Å²) in [5.41, 5.74) is 8.66. The number of anilines is 4. The first-order valence-electron chi connectivity index (χ1n) is 15.3. The fraction of sp³-hybridized carbons (Fsp3) is 0. The number of para-hydroxylation sites is 2. The molecular formula is C42H29BrCl4N2. The average Bonchev–Trinajstić information content (AvgIpc) is 3.12. The van der Waals surface area contributed by atoms with Gasteiger partial charge in [0.05, 0.1) is 31.5 Å². The second kappa shape index (κ2) is 16.0. The third-order valence-electron chi connectivity index (χ3n) is 7.85. The molecule has 242 valence electrons. The van der Waals surface area contributed by atoms with Crippen molar-refractivity contribution in [3.05, 3.63) is 188 Å². The molecule has 0 aliphatic rings. The van der Waals surface area contributed by atoms with Crippen LogP contribution in [0.1, 0.15) is 0 Å². The highest BCUT2D eigenvalue weighted by molar-refractivity contribution is 9.10. The van der Waals surface area contributed by atoms with Crippen LogP contribution in [-0.2, 0) is 0 Å². The minimum Gasteiger partial charge on any atom is -0.396 e.